The van der Waals surface area contributed by atoms with E-state index in [1.54, 1.807) is 0 Å². The molecule has 0 heterocycles. The summed E-state index contributed by atoms with van der Waals surface area (Å²) >= 11 is -5.29. The second-order valence-electron chi connectivity index (χ2n) is 9.55. The molecule has 0 aromatic heterocycles. The number of rotatable bonds is 10. The van der Waals surface area contributed by atoms with E-state index in [0.29, 0.717) is 11.8 Å². The minimum atomic E-state index is -2.65. The number of carbonyl (C=O) groups excluding carboxylic acids is 2. The maximum absolute atomic E-state index is 13.8. The molecule has 0 amide bonds. The third-order valence-electron chi connectivity index (χ3n) is 8.38. The molecule has 2 aliphatic carbocycles. The Hall–Kier alpha value is 0.426. The Morgan fingerprint density at radius 2 is 0.889 bits per heavy atom. The first kappa shape index (κ1) is 23.7. The van der Waals surface area contributed by atoms with Crippen molar-refractivity contribution in [1.29, 1.82) is 0 Å². The van der Waals surface area contributed by atoms with Crippen LogP contribution in [0.15, 0.2) is 0 Å². The molecule has 0 bridgehead atoms. The second-order valence-corrected chi connectivity index (χ2v) is 32.9. The van der Waals surface area contributed by atoms with Crippen molar-refractivity contribution < 1.29 is 9.59 Å². The second kappa shape index (κ2) is 11.0. The molecule has 2 aliphatic rings. The molecule has 156 valence electrons. The molecule has 2 fully saturated rings. The summed E-state index contributed by atoms with van der Waals surface area (Å²) in [5.74, 6) is 0.717. The molecule has 0 aromatic carbocycles. The topological polar surface area (TPSA) is 34.1 Å². The van der Waals surface area contributed by atoms with Crippen LogP contribution in [0.2, 0.25) is 25.1 Å². The van der Waals surface area contributed by atoms with Gasteiger partial charge in [-0.05, 0) is 0 Å². The van der Waals surface area contributed by atoms with Crippen LogP contribution < -0.4 is 0 Å². The number of hydrogen-bond donors (Lipinski definition) is 0. The van der Waals surface area contributed by atoms with E-state index in [1.165, 1.54) is 42.6 Å². The Kier molecular flexibility index (Phi) is 9.65. The first-order chi connectivity index (χ1) is 13.0. The van der Waals surface area contributed by atoms with Gasteiger partial charge in [0, 0.05) is 0 Å². The Morgan fingerprint density at radius 3 is 1.15 bits per heavy atom. The van der Waals surface area contributed by atoms with Crippen molar-refractivity contribution in [3.05, 3.63) is 0 Å². The van der Waals surface area contributed by atoms with Crippen molar-refractivity contribution in [2.24, 2.45) is 11.8 Å². The van der Waals surface area contributed by atoms with Crippen molar-refractivity contribution >= 4 is 35.8 Å². The maximum atomic E-state index is 13.8. The van der Waals surface area contributed by atoms with Gasteiger partial charge in [-0.2, -0.15) is 0 Å². The summed E-state index contributed by atoms with van der Waals surface area (Å²) in [6, 6.07) is 0. The zero-order valence-corrected chi connectivity index (χ0v) is 22.8. The predicted octanol–water partition coefficient (Wildman–Crippen LogP) is 6.88. The quantitative estimate of drug-likeness (QED) is 0.308. The van der Waals surface area contributed by atoms with Gasteiger partial charge in [-0.1, -0.05) is 0 Å². The Bertz CT molecular complexity index is 439. The van der Waals surface area contributed by atoms with Gasteiger partial charge in [0.25, 0.3) is 0 Å². The van der Waals surface area contributed by atoms with Crippen LogP contribution >= 0.6 is 0 Å². The van der Waals surface area contributed by atoms with Crippen molar-refractivity contribution in [2.45, 2.75) is 117 Å². The van der Waals surface area contributed by atoms with E-state index in [9.17, 15) is 9.59 Å². The van der Waals surface area contributed by atoms with Crippen LogP contribution in [0.25, 0.3) is 0 Å². The van der Waals surface area contributed by atoms with E-state index < -0.39 is 26.5 Å². The van der Waals surface area contributed by atoms with Gasteiger partial charge in [0.1, 0.15) is 0 Å². The first-order valence-electron chi connectivity index (χ1n) is 12.1. The summed E-state index contributed by atoms with van der Waals surface area (Å²) in [7, 11) is 0. The van der Waals surface area contributed by atoms with Gasteiger partial charge in [0.2, 0.25) is 0 Å². The number of carbonyl (C=O) groups is 2. The normalized spacial score (nSPS) is 20.6. The van der Waals surface area contributed by atoms with Crippen molar-refractivity contribution in [3.8, 4) is 0 Å². The predicted molar refractivity (Wildman–Crippen MR) is 121 cm³/mol. The summed E-state index contributed by atoms with van der Waals surface area (Å²) < 4.78 is 2.63. The SMILES string of the molecule is C[CH2][Ge]([CH2]C)([CH2][Ge]([CH2]C)([CH2]C)[C](=O)C1CCCCC1)[C](=O)C1CCCCC1. The molecule has 0 aromatic rings. The van der Waals surface area contributed by atoms with Crippen LogP contribution in [0, 0.1) is 11.8 Å². The molecule has 4 heteroatoms. The Labute approximate surface area is 173 Å². The summed E-state index contributed by atoms with van der Waals surface area (Å²) in [4.78, 5) is 27.6. The number of hydrogen-bond acceptors (Lipinski definition) is 2. The van der Waals surface area contributed by atoms with Crippen LogP contribution in [0.1, 0.15) is 91.9 Å². The molecule has 0 saturated heterocycles. The van der Waals surface area contributed by atoms with Gasteiger partial charge < -0.3 is 0 Å². The van der Waals surface area contributed by atoms with Gasteiger partial charge in [0.15, 0.2) is 0 Å². The Balaban J connectivity index is 2.27. The van der Waals surface area contributed by atoms with Crippen LogP contribution in [-0.4, -0.2) is 35.8 Å². The summed E-state index contributed by atoms with van der Waals surface area (Å²) in [5.41, 5.74) is 0. The molecule has 0 N–H and O–H groups in total. The van der Waals surface area contributed by atoms with E-state index in [0.717, 1.165) is 55.9 Å². The first-order valence-corrected chi connectivity index (χ1v) is 23.1. The van der Waals surface area contributed by atoms with Gasteiger partial charge in [-0.3, -0.25) is 0 Å². The summed E-state index contributed by atoms with van der Waals surface area (Å²) in [6.07, 6.45) is 12.2. The van der Waals surface area contributed by atoms with E-state index in [2.05, 4.69) is 27.7 Å². The Morgan fingerprint density at radius 1 is 0.593 bits per heavy atom. The molecule has 0 aliphatic heterocycles. The zero-order valence-electron chi connectivity index (χ0n) is 18.6. The van der Waals surface area contributed by atoms with Gasteiger partial charge >= 0.3 is 174 Å². The molecule has 2 saturated carbocycles. The minimum absolute atomic E-state index is 0.359. The molecule has 2 rings (SSSR count). The molecule has 27 heavy (non-hydrogen) atoms. The van der Waals surface area contributed by atoms with E-state index in [-0.39, 0.29) is 0 Å². The van der Waals surface area contributed by atoms with Crippen molar-refractivity contribution in [1.82, 2.24) is 0 Å². The molecule has 0 atom stereocenters. The fraction of sp³-hybridized carbons (Fsp3) is 0.913. The third kappa shape index (κ3) is 5.32. The van der Waals surface area contributed by atoms with Crippen LogP contribution in [0.5, 0.6) is 0 Å². The average molecular weight is 498 g/mol. The zero-order chi connectivity index (χ0) is 19.9. The average Bonchev–Trinajstić information content (AvgIpc) is 2.76. The van der Waals surface area contributed by atoms with Crippen molar-refractivity contribution in [2.75, 3.05) is 0 Å². The third-order valence-corrected chi connectivity index (χ3v) is 43.4. The van der Waals surface area contributed by atoms with Gasteiger partial charge in [0.05, 0.1) is 0 Å². The van der Waals surface area contributed by atoms with Gasteiger partial charge in [-0.15, -0.1) is 0 Å². The molecule has 0 radical (unpaired) electrons. The van der Waals surface area contributed by atoms with Crippen LogP contribution in [0.3, 0.4) is 0 Å². The summed E-state index contributed by atoms with van der Waals surface area (Å²) in [5, 5.41) is 4.49. The van der Waals surface area contributed by atoms with Gasteiger partial charge in [-0.25, -0.2) is 0 Å². The fourth-order valence-corrected chi connectivity index (χ4v) is 50.4. The van der Waals surface area contributed by atoms with E-state index in [1.807, 2.05) is 0 Å². The van der Waals surface area contributed by atoms with E-state index >= 15 is 0 Å². The fourth-order valence-electron chi connectivity index (χ4n) is 6.11. The monoisotopic (exact) mass is 500 g/mol. The molecular weight excluding hydrogens is 453 g/mol. The molecule has 0 spiro atoms. The van der Waals surface area contributed by atoms with E-state index in [4.69, 9.17) is 0 Å². The standard InChI is InChI=1S/C23H44Ge2O2/c1-5-24(6-2,22(26)20-15-11-9-12-16-20)19-25(7-3,8-4)23(27)21-17-13-10-14-18-21/h20-21H,5-19H2,1-4H3. The summed E-state index contributed by atoms with van der Waals surface area (Å²) in [6.45, 7) is 9.20. The van der Waals surface area contributed by atoms with Crippen LogP contribution in [-0.2, 0) is 9.59 Å². The molecule has 0 unspecified atom stereocenters. The van der Waals surface area contributed by atoms with Crippen molar-refractivity contribution in [3.63, 3.8) is 0 Å². The van der Waals surface area contributed by atoms with Crippen LogP contribution in [0.4, 0.5) is 0 Å². The molecular formula is C23H44Ge2O2. The molecule has 2 nitrogen and oxygen atoms in total.